The van der Waals surface area contributed by atoms with Gasteiger partial charge in [0.15, 0.2) is 0 Å². The third-order valence-corrected chi connectivity index (χ3v) is 3.22. The maximum Gasteiger partial charge on any atom is 0.0407 e. The SMILES string of the molecule is Clc1ccc(NCCc2cccc(Br)c2)cc1. The van der Waals surface area contributed by atoms with Crippen molar-refractivity contribution in [2.75, 3.05) is 11.9 Å². The van der Waals surface area contributed by atoms with E-state index in [1.54, 1.807) is 0 Å². The smallest absolute Gasteiger partial charge is 0.0407 e. The van der Waals surface area contributed by atoms with Crippen LogP contribution in [0.5, 0.6) is 0 Å². The Balaban J connectivity index is 1.85. The Morgan fingerprint density at radius 2 is 1.82 bits per heavy atom. The maximum atomic E-state index is 5.83. The van der Waals surface area contributed by atoms with E-state index < -0.39 is 0 Å². The van der Waals surface area contributed by atoms with Gasteiger partial charge >= 0.3 is 0 Å². The van der Waals surface area contributed by atoms with Crippen LogP contribution in [0.2, 0.25) is 5.02 Å². The molecular weight excluding hydrogens is 298 g/mol. The van der Waals surface area contributed by atoms with Crippen LogP contribution in [0.25, 0.3) is 0 Å². The first-order valence-electron chi connectivity index (χ1n) is 5.48. The highest BCUT2D eigenvalue weighted by Gasteiger charge is 1.95. The summed E-state index contributed by atoms with van der Waals surface area (Å²) >= 11 is 9.30. The second-order valence-electron chi connectivity index (χ2n) is 3.81. The average Bonchev–Trinajstić information content (AvgIpc) is 2.32. The summed E-state index contributed by atoms with van der Waals surface area (Å²) in [4.78, 5) is 0. The molecule has 2 aromatic rings. The minimum atomic E-state index is 0.766. The first-order valence-corrected chi connectivity index (χ1v) is 6.65. The zero-order valence-electron chi connectivity index (χ0n) is 9.29. The Morgan fingerprint density at radius 3 is 2.53 bits per heavy atom. The number of benzene rings is 2. The number of hydrogen-bond donors (Lipinski definition) is 1. The molecule has 1 nitrogen and oxygen atoms in total. The van der Waals surface area contributed by atoms with Gasteiger partial charge in [0, 0.05) is 21.7 Å². The molecule has 0 heterocycles. The highest BCUT2D eigenvalue weighted by molar-refractivity contribution is 9.10. The van der Waals surface area contributed by atoms with Gasteiger partial charge in [0.2, 0.25) is 0 Å². The number of rotatable bonds is 4. The molecule has 0 radical (unpaired) electrons. The lowest BCUT2D eigenvalue weighted by atomic mass is 10.1. The summed E-state index contributed by atoms with van der Waals surface area (Å²) in [6, 6.07) is 16.1. The van der Waals surface area contributed by atoms with Crippen molar-refractivity contribution in [1.82, 2.24) is 0 Å². The van der Waals surface area contributed by atoms with Gasteiger partial charge < -0.3 is 5.32 Å². The van der Waals surface area contributed by atoms with Crippen molar-refractivity contribution >= 4 is 33.2 Å². The molecule has 0 atom stereocenters. The standard InChI is InChI=1S/C14H13BrClN/c15-12-3-1-2-11(10-12)8-9-17-14-6-4-13(16)5-7-14/h1-7,10,17H,8-9H2. The van der Waals surface area contributed by atoms with Gasteiger partial charge in [0.05, 0.1) is 0 Å². The summed E-state index contributed by atoms with van der Waals surface area (Å²) in [5.41, 5.74) is 2.42. The summed E-state index contributed by atoms with van der Waals surface area (Å²) in [5, 5.41) is 4.13. The monoisotopic (exact) mass is 309 g/mol. The first-order chi connectivity index (χ1) is 8.24. The number of anilines is 1. The molecule has 1 N–H and O–H groups in total. The van der Waals surface area contributed by atoms with Crippen LogP contribution < -0.4 is 5.32 Å². The maximum absolute atomic E-state index is 5.83. The van der Waals surface area contributed by atoms with Gasteiger partial charge in [-0.25, -0.2) is 0 Å². The summed E-state index contributed by atoms with van der Waals surface area (Å²) in [7, 11) is 0. The summed E-state index contributed by atoms with van der Waals surface area (Å²) in [6.07, 6.45) is 1.00. The van der Waals surface area contributed by atoms with Gasteiger partial charge in [0.25, 0.3) is 0 Å². The zero-order valence-corrected chi connectivity index (χ0v) is 11.6. The van der Waals surface area contributed by atoms with Crippen molar-refractivity contribution in [3.05, 3.63) is 63.6 Å². The Hall–Kier alpha value is -0.990. The first kappa shape index (κ1) is 12.5. The Labute approximate surface area is 115 Å². The largest absolute Gasteiger partial charge is 0.385 e. The predicted octanol–water partition coefficient (Wildman–Crippen LogP) is 4.76. The molecule has 0 aliphatic carbocycles. The Morgan fingerprint density at radius 1 is 1.06 bits per heavy atom. The van der Waals surface area contributed by atoms with E-state index in [0.29, 0.717) is 0 Å². The van der Waals surface area contributed by atoms with Crippen LogP contribution in [0, 0.1) is 0 Å². The molecule has 0 unspecified atom stereocenters. The lowest BCUT2D eigenvalue weighted by molar-refractivity contribution is 1.02. The minimum absolute atomic E-state index is 0.766. The number of nitrogens with one attached hydrogen (secondary N) is 1. The van der Waals surface area contributed by atoms with E-state index in [4.69, 9.17) is 11.6 Å². The molecule has 0 spiro atoms. The molecule has 2 rings (SSSR count). The quantitative estimate of drug-likeness (QED) is 0.858. The molecule has 2 aromatic carbocycles. The van der Waals surface area contributed by atoms with E-state index in [0.717, 1.165) is 28.1 Å². The van der Waals surface area contributed by atoms with E-state index >= 15 is 0 Å². The van der Waals surface area contributed by atoms with E-state index in [1.807, 2.05) is 30.3 Å². The van der Waals surface area contributed by atoms with Crippen LogP contribution in [-0.2, 0) is 6.42 Å². The topological polar surface area (TPSA) is 12.0 Å². The molecule has 17 heavy (non-hydrogen) atoms. The second-order valence-corrected chi connectivity index (χ2v) is 5.17. The average molecular weight is 311 g/mol. The van der Waals surface area contributed by atoms with Crippen LogP contribution in [0.15, 0.2) is 53.0 Å². The molecule has 0 amide bonds. The van der Waals surface area contributed by atoms with Crippen molar-refractivity contribution in [2.24, 2.45) is 0 Å². The third-order valence-electron chi connectivity index (χ3n) is 2.48. The van der Waals surface area contributed by atoms with Gasteiger partial charge in [0.1, 0.15) is 0 Å². The second kappa shape index (κ2) is 6.08. The van der Waals surface area contributed by atoms with E-state index in [1.165, 1.54) is 5.56 Å². The van der Waals surface area contributed by atoms with Crippen LogP contribution in [0.1, 0.15) is 5.56 Å². The fraction of sp³-hybridized carbons (Fsp3) is 0.143. The molecule has 0 saturated heterocycles. The Bertz CT molecular complexity index is 482. The van der Waals surface area contributed by atoms with Gasteiger partial charge in [-0.3, -0.25) is 0 Å². The Kier molecular flexibility index (Phi) is 4.46. The van der Waals surface area contributed by atoms with Crippen LogP contribution >= 0.6 is 27.5 Å². The van der Waals surface area contributed by atoms with E-state index in [2.05, 4.69) is 39.4 Å². The minimum Gasteiger partial charge on any atom is -0.385 e. The fourth-order valence-corrected chi connectivity index (χ4v) is 2.18. The molecule has 0 fully saturated rings. The zero-order chi connectivity index (χ0) is 12.1. The molecule has 0 saturated carbocycles. The van der Waals surface area contributed by atoms with Gasteiger partial charge in [-0.05, 0) is 48.4 Å². The van der Waals surface area contributed by atoms with Crippen molar-refractivity contribution < 1.29 is 0 Å². The van der Waals surface area contributed by atoms with E-state index in [-0.39, 0.29) is 0 Å². The van der Waals surface area contributed by atoms with Gasteiger partial charge in [-0.1, -0.05) is 39.7 Å². The molecule has 3 heteroatoms. The number of halogens is 2. The summed E-state index contributed by atoms with van der Waals surface area (Å²) in [5.74, 6) is 0. The molecule has 0 aliphatic rings. The summed E-state index contributed by atoms with van der Waals surface area (Å²) in [6.45, 7) is 0.915. The molecular formula is C14H13BrClN. The van der Waals surface area contributed by atoms with Gasteiger partial charge in [-0.2, -0.15) is 0 Å². The summed E-state index contributed by atoms with van der Waals surface area (Å²) < 4.78 is 1.13. The fourth-order valence-electron chi connectivity index (χ4n) is 1.61. The molecule has 0 aliphatic heterocycles. The number of hydrogen-bond acceptors (Lipinski definition) is 1. The third kappa shape index (κ3) is 4.06. The highest BCUT2D eigenvalue weighted by atomic mass is 79.9. The van der Waals surface area contributed by atoms with Crippen molar-refractivity contribution in [3.63, 3.8) is 0 Å². The van der Waals surface area contributed by atoms with Crippen LogP contribution in [0.4, 0.5) is 5.69 Å². The van der Waals surface area contributed by atoms with Crippen LogP contribution in [-0.4, -0.2) is 6.54 Å². The molecule has 0 aromatic heterocycles. The molecule has 88 valence electrons. The van der Waals surface area contributed by atoms with Crippen molar-refractivity contribution in [1.29, 1.82) is 0 Å². The van der Waals surface area contributed by atoms with Crippen molar-refractivity contribution in [3.8, 4) is 0 Å². The van der Waals surface area contributed by atoms with Gasteiger partial charge in [-0.15, -0.1) is 0 Å². The predicted molar refractivity (Wildman–Crippen MR) is 77.8 cm³/mol. The van der Waals surface area contributed by atoms with E-state index in [9.17, 15) is 0 Å². The lowest BCUT2D eigenvalue weighted by Gasteiger charge is -2.06. The highest BCUT2D eigenvalue weighted by Crippen LogP contribution is 2.14. The normalized spacial score (nSPS) is 10.2. The van der Waals surface area contributed by atoms with Crippen molar-refractivity contribution in [2.45, 2.75) is 6.42 Å². The lowest BCUT2D eigenvalue weighted by Crippen LogP contribution is -2.04. The van der Waals surface area contributed by atoms with Crippen LogP contribution in [0.3, 0.4) is 0 Å². The molecule has 0 bridgehead atoms.